The summed E-state index contributed by atoms with van der Waals surface area (Å²) in [6, 6.07) is 6.02. The normalized spacial score (nSPS) is 26.8. The summed E-state index contributed by atoms with van der Waals surface area (Å²) in [4.78, 5) is 0. The van der Waals surface area contributed by atoms with Crippen LogP contribution in [0.2, 0.25) is 0 Å². The van der Waals surface area contributed by atoms with E-state index in [9.17, 15) is 13.2 Å². The first-order chi connectivity index (χ1) is 9.97. The van der Waals surface area contributed by atoms with E-state index < -0.39 is 11.7 Å². The van der Waals surface area contributed by atoms with Crippen molar-refractivity contribution in [2.24, 2.45) is 17.6 Å². The van der Waals surface area contributed by atoms with Crippen LogP contribution in [-0.4, -0.2) is 6.54 Å². The van der Waals surface area contributed by atoms with Gasteiger partial charge in [0, 0.05) is 0 Å². The highest BCUT2D eigenvalue weighted by Gasteiger charge is 2.38. The van der Waals surface area contributed by atoms with Crippen LogP contribution >= 0.6 is 0 Å². The summed E-state index contributed by atoms with van der Waals surface area (Å²) in [5, 5.41) is 0. The van der Waals surface area contributed by atoms with Crippen molar-refractivity contribution in [3.05, 3.63) is 35.4 Å². The zero-order chi connectivity index (χ0) is 15.5. The summed E-state index contributed by atoms with van der Waals surface area (Å²) in [5.74, 6) is 0.642. The van der Waals surface area contributed by atoms with E-state index in [-0.39, 0.29) is 11.8 Å². The molecule has 3 unspecified atom stereocenters. The molecule has 4 heteroatoms. The molecule has 2 rings (SSSR count). The monoisotopic (exact) mass is 299 g/mol. The summed E-state index contributed by atoms with van der Waals surface area (Å²) in [6.07, 6.45) is 0.780. The lowest BCUT2D eigenvalue weighted by Crippen LogP contribution is -2.30. The van der Waals surface area contributed by atoms with Crippen LogP contribution in [0.4, 0.5) is 13.2 Å². The first-order valence-electron chi connectivity index (χ1n) is 7.83. The number of benzene rings is 1. The Labute approximate surface area is 124 Å². The number of hydrogen-bond donors (Lipinski definition) is 1. The van der Waals surface area contributed by atoms with Gasteiger partial charge in [-0.1, -0.05) is 44.4 Å². The second-order valence-corrected chi connectivity index (χ2v) is 6.16. The lowest BCUT2D eigenvalue weighted by Gasteiger charge is -2.37. The van der Waals surface area contributed by atoms with Crippen LogP contribution in [0.3, 0.4) is 0 Å². The van der Waals surface area contributed by atoms with Gasteiger partial charge in [0.05, 0.1) is 5.56 Å². The molecule has 1 aliphatic carbocycles. The fraction of sp³-hybridized carbons (Fsp3) is 0.647. The van der Waals surface area contributed by atoms with Gasteiger partial charge in [0.2, 0.25) is 0 Å². The topological polar surface area (TPSA) is 26.0 Å². The Morgan fingerprint density at radius 3 is 2.52 bits per heavy atom. The van der Waals surface area contributed by atoms with Crippen molar-refractivity contribution in [1.29, 1.82) is 0 Å². The Hall–Kier alpha value is -1.03. The molecule has 1 fully saturated rings. The van der Waals surface area contributed by atoms with E-state index in [2.05, 4.69) is 6.92 Å². The van der Waals surface area contributed by atoms with E-state index in [0.29, 0.717) is 18.0 Å². The molecule has 0 aromatic heterocycles. The molecule has 118 valence electrons. The molecule has 0 aliphatic heterocycles. The minimum absolute atomic E-state index is 0.0573. The summed E-state index contributed by atoms with van der Waals surface area (Å²) in [6.45, 7) is 2.60. The zero-order valence-corrected chi connectivity index (χ0v) is 12.5. The van der Waals surface area contributed by atoms with Crippen molar-refractivity contribution >= 4 is 0 Å². The molecule has 2 N–H and O–H groups in total. The van der Waals surface area contributed by atoms with Gasteiger partial charge >= 0.3 is 6.18 Å². The first kappa shape index (κ1) is 16.3. The minimum atomic E-state index is -4.28. The van der Waals surface area contributed by atoms with Gasteiger partial charge in [-0.3, -0.25) is 0 Å². The van der Waals surface area contributed by atoms with E-state index in [4.69, 9.17) is 5.73 Å². The minimum Gasteiger partial charge on any atom is -0.330 e. The molecule has 1 nitrogen and oxygen atoms in total. The largest absolute Gasteiger partial charge is 0.416 e. The highest BCUT2D eigenvalue weighted by Crippen LogP contribution is 2.45. The molecular weight excluding hydrogens is 275 g/mol. The van der Waals surface area contributed by atoms with Gasteiger partial charge in [-0.2, -0.15) is 13.2 Å². The molecule has 0 spiro atoms. The summed E-state index contributed by atoms with van der Waals surface area (Å²) in [7, 11) is 0. The van der Waals surface area contributed by atoms with Crippen molar-refractivity contribution in [3.63, 3.8) is 0 Å². The Morgan fingerprint density at radius 2 is 1.90 bits per heavy atom. The van der Waals surface area contributed by atoms with Gasteiger partial charge in [-0.05, 0) is 48.8 Å². The standard InChI is InChI=1S/C17H24F3N/c1-2-5-12-8-9-13(11-21)15(10-12)14-6-3-4-7-16(14)17(18,19)20/h3-4,6-7,12-13,15H,2,5,8-11,21H2,1H3. The average molecular weight is 299 g/mol. The third-order valence-electron chi connectivity index (χ3n) is 4.77. The molecule has 21 heavy (non-hydrogen) atoms. The van der Waals surface area contributed by atoms with E-state index in [1.54, 1.807) is 12.1 Å². The SMILES string of the molecule is CCCC1CCC(CN)C(c2ccccc2C(F)(F)F)C1. The average Bonchev–Trinajstić information content (AvgIpc) is 2.46. The predicted octanol–water partition coefficient (Wildman–Crippen LogP) is 4.96. The van der Waals surface area contributed by atoms with Crippen molar-refractivity contribution < 1.29 is 13.2 Å². The van der Waals surface area contributed by atoms with Crippen molar-refractivity contribution in [1.82, 2.24) is 0 Å². The molecule has 0 saturated heterocycles. The molecule has 0 bridgehead atoms. The number of halogens is 3. The Bertz CT molecular complexity index is 456. The van der Waals surface area contributed by atoms with Gasteiger partial charge in [-0.25, -0.2) is 0 Å². The van der Waals surface area contributed by atoms with Crippen LogP contribution in [0, 0.1) is 11.8 Å². The maximum absolute atomic E-state index is 13.2. The number of alkyl halides is 3. The lowest BCUT2D eigenvalue weighted by molar-refractivity contribution is -0.138. The molecule has 0 heterocycles. The van der Waals surface area contributed by atoms with Crippen LogP contribution < -0.4 is 5.73 Å². The van der Waals surface area contributed by atoms with Gasteiger partial charge < -0.3 is 5.73 Å². The van der Waals surface area contributed by atoms with Crippen molar-refractivity contribution in [2.45, 2.75) is 51.1 Å². The van der Waals surface area contributed by atoms with E-state index >= 15 is 0 Å². The molecule has 1 aromatic carbocycles. The van der Waals surface area contributed by atoms with Gasteiger partial charge in [0.1, 0.15) is 0 Å². The third kappa shape index (κ3) is 3.79. The Balaban J connectivity index is 2.32. The lowest BCUT2D eigenvalue weighted by atomic mass is 9.69. The third-order valence-corrected chi connectivity index (χ3v) is 4.77. The quantitative estimate of drug-likeness (QED) is 0.835. The molecule has 1 aliphatic rings. The van der Waals surface area contributed by atoms with E-state index in [0.717, 1.165) is 32.1 Å². The summed E-state index contributed by atoms with van der Waals surface area (Å²) in [5.41, 5.74) is 5.79. The number of hydrogen-bond acceptors (Lipinski definition) is 1. The number of nitrogens with two attached hydrogens (primary N) is 1. The second kappa shape index (κ2) is 6.82. The first-order valence-corrected chi connectivity index (χ1v) is 7.83. The highest BCUT2D eigenvalue weighted by atomic mass is 19.4. The molecule has 1 aromatic rings. The molecular formula is C17H24F3N. The molecule has 0 amide bonds. The number of rotatable bonds is 4. The van der Waals surface area contributed by atoms with Crippen LogP contribution in [0.25, 0.3) is 0 Å². The predicted molar refractivity (Wildman–Crippen MR) is 79.0 cm³/mol. The van der Waals surface area contributed by atoms with Crippen molar-refractivity contribution in [2.75, 3.05) is 6.54 Å². The van der Waals surface area contributed by atoms with Crippen LogP contribution in [-0.2, 0) is 6.18 Å². The van der Waals surface area contributed by atoms with Gasteiger partial charge in [-0.15, -0.1) is 0 Å². The maximum Gasteiger partial charge on any atom is 0.416 e. The van der Waals surface area contributed by atoms with Crippen LogP contribution in [0.5, 0.6) is 0 Å². The Kier molecular flexibility index (Phi) is 5.31. The van der Waals surface area contributed by atoms with Crippen LogP contribution in [0.15, 0.2) is 24.3 Å². The van der Waals surface area contributed by atoms with E-state index in [1.165, 1.54) is 12.1 Å². The van der Waals surface area contributed by atoms with Crippen molar-refractivity contribution in [3.8, 4) is 0 Å². The fourth-order valence-electron chi connectivity index (χ4n) is 3.73. The molecule has 3 atom stereocenters. The fourth-order valence-corrected chi connectivity index (χ4v) is 3.73. The second-order valence-electron chi connectivity index (χ2n) is 6.16. The molecule has 0 radical (unpaired) electrons. The van der Waals surface area contributed by atoms with E-state index in [1.807, 2.05) is 0 Å². The Morgan fingerprint density at radius 1 is 1.19 bits per heavy atom. The van der Waals surface area contributed by atoms with Gasteiger partial charge in [0.15, 0.2) is 0 Å². The smallest absolute Gasteiger partial charge is 0.330 e. The highest BCUT2D eigenvalue weighted by molar-refractivity contribution is 5.33. The summed E-state index contributed by atoms with van der Waals surface area (Å²) < 4.78 is 39.7. The van der Waals surface area contributed by atoms with Crippen LogP contribution in [0.1, 0.15) is 56.1 Å². The zero-order valence-electron chi connectivity index (χ0n) is 12.5. The maximum atomic E-state index is 13.2. The summed E-state index contributed by atoms with van der Waals surface area (Å²) >= 11 is 0. The molecule has 1 saturated carbocycles. The van der Waals surface area contributed by atoms with Gasteiger partial charge in [0.25, 0.3) is 0 Å².